The molecular weight excluding hydrogens is 344 g/mol. The molecule has 1 spiro atoms. The van der Waals surface area contributed by atoms with Crippen molar-refractivity contribution in [2.45, 2.75) is 83.8 Å². The standard InChI is InChI=1S/C22H36O5/c1-14(24)27-13-20(3)16-6-9-21-10-15(22(26,11-21)12-23)4-5-17(21)19(16,2)8-7-18(20)25/h15-18,23,25-26H,4-13H2,1-3H3/t15-,16+,17+,18+,19-,20+,21+,22+/m1/s1. The Hall–Kier alpha value is -0.650. The third-order valence-corrected chi connectivity index (χ3v) is 9.51. The van der Waals surface area contributed by atoms with E-state index in [1.54, 1.807) is 0 Å². The lowest BCUT2D eigenvalue weighted by atomic mass is 9.40. The molecular formula is C22H36O5. The number of hydrogen-bond donors (Lipinski definition) is 3. The van der Waals surface area contributed by atoms with Crippen molar-refractivity contribution in [2.24, 2.45) is 34.0 Å². The molecule has 0 unspecified atom stereocenters. The summed E-state index contributed by atoms with van der Waals surface area (Å²) >= 11 is 0. The third kappa shape index (κ3) is 2.64. The van der Waals surface area contributed by atoms with Crippen molar-refractivity contribution >= 4 is 5.97 Å². The number of esters is 1. The zero-order chi connectivity index (χ0) is 19.7. The Kier molecular flexibility index (Phi) is 4.49. The molecule has 0 radical (unpaired) electrons. The molecule has 0 aromatic heterocycles. The fourth-order valence-electron chi connectivity index (χ4n) is 8.30. The monoisotopic (exact) mass is 380 g/mol. The lowest BCUT2D eigenvalue weighted by Crippen LogP contribution is -2.61. The van der Waals surface area contributed by atoms with E-state index in [4.69, 9.17) is 4.74 Å². The van der Waals surface area contributed by atoms with Gasteiger partial charge in [-0.15, -0.1) is 0 Å². The molecule has 154 valence electrons. The van der Waals surface area contributed by atoms with Gasteiger partial charge >= 0.3 is 5.97 Å². The molecule has 0 aliphatic heterocycles. The summed E-state index contributed by atoms with van der Waals surface area (Å²) in [6.45, 7) is 6.08. The minimum absolute atomic E-state index is 0.0814. The SMILES string of the molecule is CC(=O)OC[C@@]1(C)[C@H]2CC[C@@]34C[C@@H](CC[C@H]3[C@]2(C)CC[C@@H]1O)[C@@](O)(CO)C4. The number of carbonyl (C=O) groups is 1. The molecule has 0 aromatic rings. The number of ether oxygens (including phenoxy) is 1. The van der Waals surface area contributed by atoms with Crippen molar-refractivity contribution in [3.8, 4) is 0 Å². The Labute approximate surface area is 162 Å². The van der Waals surface area contributed by atoms with Gasteiger partial charge in [-0.05, 0) is 80.0 Å². The molecule has 27 heavy (non-hydrogen) atoms. The second kappa shape index (κ2) is 6.17. The van der Waals surface area contributed by atoms with Gasteiger partial charge in [0.1, 0.15) is 0 Å². The van der Waals surface area contributed by atoms with Crippen LogP contribution in [0.15, 0.2) is 0 Å². The van der Waals surface area contributed by atoms with E-state index in [0.717, 1.165) is 51.4 Å². The molecule has 4 fully saturated rings. The van der Waals surface area contributed by atoms with Gasteiger partial charge in [0.25, 0.3) is 0 Å². The summed E-state index contributed by atoms with van der Waals surface area (Å²) in [5.74, 6) is 0.751. The predicted molar refractivity (Wildman–Crippen MR) is 101 cm³/mol. The molecule has 0 saturated heterocycles. The molecule has 0 aromatic carbocycles. The topological polar surface area (TPSA) is 87.0 Å². The molecule has 4 saturated carbocycles. The Bertz CT molecular complexity index is 622. The highest BCUT2D eigenvalue weighted by molar-refractivity contribution is 5.65. The predicted octanol–water partition coefficient (Wildman–Crippen LogP) is 2.66. The van der Waals surface area contributed by atoms with Gasteiger partial charge in [-0.1, -0.05) is 13.8 Å². The zero-order valence-corrected chi connectivity index (χ0v) is 17.0. The minimum atomic E-state index is -0.910. The highest BCUT2D eigenvalue weighted by Gasteiger charge is 2.68. The second-order valence-electron chi connectivity index (χ2n) is 10.8. The maximum Gasteiger partial charge on any atom is 0.302 e. The van der Waals surface area contributed by atoms with Crippen molar-refractivity contribution in [3.05, 3.63) is 0 Å². The summed E-state index contributed by atoms with van der Waals surface area (Å²) in [7, 11) is 0. The van der Waals surface area contributed by atoms with E-state index in [1.807, 2.05) is 0 Å². The summed E-state index contributed by atoms with van der Waals surface area (Å²) in [4.78, 5) is 11.5. The fraction of sp³-hybridized carbons (Fsp3) is 0.955. The second-order valence-corrected chi connectivity index (χ2v) is 10.8. The summed E-state index contributed by atoms with van der Waals surface area (Å²) in [5.41, 5.74) is -1.12. The maximum absolute atomic E-state index is 11.5. The Morgan fingerprint density at radius 3 is 2.52 bits per heavy atom. The molecule has 0 heterocycles. The first kappa shape index (κ1) is 19.7. The molecule has 0 amide bonds. The van der Waals surface area contributed by atoms with E-state index < -0.39 is 17.1 Å². The number of aliphatic hydroxyl groups excluding tert-OH is 2. The van der Waals surface area contributed by atoms with Crippen LogP contribution in [-0.4, -0.2) is 46.2 Å². The number of aliphatic hydroxyl groups is 3. The summed E-state index contributed by atoms with van der Waals surface area (Å²) in [6, 6.07) is 0. The molecule has 3 N–H and O–H groups in total. The van der Waals surface area contributed by atoms with Crippen LogP contribution in [0.3, 0.4) is 0 Å². The number of hydrogen-bond acceptors (Lipinski definition) is 5. The normalized spacial score (nSPS) is 54.1. The van der Waals surface area contributed by atoms with Gasteiger partial charge in [0.2, 0.25) is 0 Å². The quantitative estimate of drug-likeness (QED) is 0.655. The summed E-state index contributed by atoms with van der Waals surface area (Å²) in [6.07, 6.45) is 7.15. The van der Waals surface area contributed by atoms with E-state index in [0.29, 0.717) is 11.8 Å². The van der Waals surface area contributed by atoms with Crippen LogP contribution in [-0.2, 0) is 9.53 Å². The number of rotatable bonds is 3. The van der Waals surface area contributed by atoms with E-state index in [-0.39, 0.29) is 35.9 Å². The zero-order valence-electron chi connectivity index (χ0n) is 17.0. The molecule has 4 rings (SSSR count). The van der Waals surface area contributed by atoms with Crippen LogP contribution in [0, 0.1) is 34.0 Å². The average molecular weight is 381 g/mol. The van der Waals surface area contributed by atoms with Crippen molar-refractivity contribution in [3.63, 3.8) is 0 Å². The number of fused-ring (bicyclic) bond motifs is 3. The largest absolute Gasteiger partial charge is 0.465 e. The van der Waals surface area contributed by atoms with Gasteiger partial charge in [-0.2, -0.15) is 0 Å². The molecule has 5 nitrogen and oxygen atoms in total. The summed E-state index contributed by atoms with van der Waals surface area (Å²) < 4.78 is 5.42. The van der Waals surface area contributed by atoms with Crippen LogP contribution in [0.1, 0.15) is 72.1 Å². The van der Waals surface area contributed by atoms with Gasteiger partial charge in [-0.3, -0.25) is 4.79 Å². The highest BCUT2D eigenvalue weighted by atomic mass is 16.5. The fourth-order valence-corrected chi connectivity index (χ4v) is 8.30. The minimum Gasteiger partial charge on any atom is -0.465 e. The van der Waals surface area contributed by atoms with E-state index in [2.05, 4.69) is 13.8 Å². The lowest BCUT2D eigenvalue weighted by Gasteiger charge is -2.65. The first-order chi connectivity index (χ1) is 12.6. The lowest BCUT2D eigenvalue weighted by molar-refractivity contribution is -0.204. The Balaban J connectivity index is 1.67. The Morgan fingerprint density at radius 2 is 1.85 bits per heavy atom. The van der Waals surface area contributed by atoms with Crippen LogP contribution < -0.4 is 0 Å². The van der Waals surface area contributed by atoms with Crippen LogP contribution in [0.4, 0.5) is 0 Å². The van der Waals surface area contributed by atoms with Gasteiger partial charge in [0, 0.05) is 12.3 Å². The van der Waals surface area contributed by atoms with Crippen molar-refractivity contribution < 1.29 is 24.9 Å². The highest BCUT2D eigenvalue weighted by Crippen LogP contribution is 2.72. The summed E-state index contributed by atoms with van der Waals surface area (Å²) in [5, 5.41) is 31.8. The van der Waals surface area contributed by atoms with Crippen molar-refractivity contribution in [1.82, 2.24) is 0 Å². The first-order valence-corrected chi connectivity index (χ1v) is 10.7. The van der Waals surface area contributed by atoms with Crippen LogP contribution in [0.2, 0.25) is 0 Å². The third-order valence-electron chi connectivity index (χ3n) is 9.51. The molecule has 4 aliphatic rings. The van der Waals surface area contributed by atoms with Crippen LogP contribution in [0.25, 0.3) is 0 Å². The number of carbonyl (C=O) groups excluding carboxylic acids is 1. The van der Waals surface area contributed by atoms with Crippen LogP contribution >= 0.6 is 0 Å². The van der Waals surface area contributed by atoms with E-state index in [9.17, 15) is 20.1 Å². The van der Waals surface area contributed by atoms with Gasteiger partial charge in [0.05, 0.1) is 24.9 Å². The van der Waals surface area contributed by atoms with Gasteiger partial charge in [-0.25, -0.2) is 0 Å². The Morgan fingerprint density at radius 1 is 1.11 bits per heavy atom. The van der Waals surface area contributed by atoms with E-state index in [1.165, 1.54) is 6.92 Å². The van der Waals surface area contributed by atoms with Gasteiger partial charge < -0.3 is 20.1 Å². The molecule has 4 aliphatic carbocycles. The van der Waals surface area contributed by atoms with Crippen LogP contribution in [0.5, 0.6) is 0 Å². The van der Waals surface area contributed by atoms with E-state index >= 15 is 0 Å². The van der Waals surface area contributed by atoms with Gasteiger partial charge in [0.15, 0.2) is 0 Å². The maximum atomic E-state index is 11.5. The van der Waals surface area contributed by atoms with Crippen molar-refractivity contribution in [2.75, 3.05) is 13.2 Å². The smallest absolute Gasteiger partial charge is 0.302 e. The molecule has 5 heteroatoms. The van der Waals surface area contributed by atoms with Crippen molar-refractivity contribution in [1.29, 1.82) is 0 Å². The first-order valence-electron chi connectivity index (χ1n) is 10.7. The average Bonchev–Trinajstić information content (AvgIpc) is 2.83. The molecule has 2 bridgehead atoms. The molecule has 8 atom stereocenters.